The second-order valence-corrected chi connectivity index (χ2v) is 15.0. The van der Waals surface area contributed by atoms with E-state index in [1.54, 1.807) is 4.90 Å². The van der Waals surface area contributed by atoms with Crippen molar-refractivity contribution in [2.24, 2.45) is 11.8 Å². The second-order valence-electron chi connectivity index (χ2n) is 8.54. The molecule has 1 unspecified atom stereocenters. The SMILES string of the molecule is CC(C(=O)N1CCSC1=S)[C@H]1NC(=O)[C@@H]1[C@@H](C)O[Si](C)(C)C(C)(C)C. The molecule has 5 nitrogen and oxygen atoms in total. The first-order valence-corrected chi connectivity index (χ1v) is 13.1. The summed E-state index contributed by atoms with van der Waals surface area (Å²) >= 11 is 6.79. The molecular formula is C17H30N2O3S2Si. The van der Waals surface area contributed by atoms with Gasteiger partial charge < -0.3 is 9.74 Å². The van der Waals surface area contributed by atoms with Gasteiger partial charge >= 0.3 is 0 Å². The highest BCUT2D eigenvalue weighted by atomic mass is 32.2. The lowest BCUT2D eigenvalue weighted by atomic mass is 9.78. The van der Waals surface area contributed by atoms with Crippen LogP contribution in [0.1, 0.15) is 34.6 Å². The maximum absolute atomic E-state index is 12.8. The number of carbonyl (C=O) groups excluding carboxylic acids is 2. The molecule has 2 aliphatic heterocycles. The van der Waals surface area contributed by atoms with Gasteiger partial charge in [0.05, 0.1) is 24.0 Å². The molecule has 25 heavy (non-hydrogen) atoms. The van der Waals surface area contributed by atoms with E-state index in [0.29, 0.717) is 10.9 Å². The number of amides is 2. The van der Waals surface area contributed by atoms with Gasteiger partial charge in [0.1, 0.15) is 4.32 Å². The van der Waals surface area contributed by atoms with Crippen molar-refractivity contribution in [3.8, 4) is 0 Å². The summed E-state index contributed by atoms with van der Waals surface area (Å²) in [5.74, 6) is 0.253. The number of rotatable bonds is 5. The molecule has 142 valence electrons. The molecule has 2 aliphatic rings. The minimum atomic E-state index is -1.97. The van der Waals surface area contributed by atoms with Gasteiger partial charge in [0, 0.05) is 12.3 Å². The van der Waals surface area contributed by atoms with Crippen LogP contribution in [-0.2, 0) is 14.0 Å². The quantitative estimate of drug-likeness (QED) is 0.435. The maximum Gasteiger partial charge on any atom is 0.232 e. The Hall–Kier alpha value is -0.443. The van der Waals surface area contributed by atoms with Gasteiger partial charge in [-0.25, -0.2) is 0 Å². The lowest BCUT2D eigenvalue weighted by Gasteiger charge is -2.47. The van der Waals surface area contributed by atoms with Crippen molar-refractivity contribution in [3.63, 3.8) is 0 Å². The van der Waals surface area contributed by atoms with E-state index in [1.807, 2.05) is 13.8 Å². The largest absolute Gasteiger partial charge is 0.413 e. The summed E-state index contributed by atoms with van der Waals surface area (Å²) in [6.45, 7) is 15.4. The van der Waals surface area contributed by atoms with Crippen LogP contribution < -0.4 is 5.32 Å². The Balaban J connectivity index is 2.06. The molecule has 4 atom stereocenters. The van der Waals surface area contributed by atoms with Crippen LogP contribution in [0, 0.1) is 11.8 Å². The van der Waals surface area contributed by atoms with Gasteiger partial charge in [-0.1, -0.05) is 51.7 Å². The van der Waals surface area contributed by atoms with E-state index < -0.39 is 8.32 Å². The fraction of sp³-hybridized carbons (Fsp3) is 0.824. The Kier molecular flexibility index (Phi) is 6.08. The maximum atomic E-state index is 12.8. The van der Waals surface area contributed by atoms with Crippen LogP contribution in [0.4, 0.5) is 0 Å². The normalized spacial score (nSPS) is 26.9. The minimum absolute atomic E-state index is 0.00419. The number of nitrogens with zero attached hydrogens (tertiary/aromatic N) is 1. The molecule has 0 spiro atoms. The number of thioether (sulfide) groups is 1. The summed E-state index contributed by atoms with van der Waals surface area (Å²) in [5.41, 5.74) is 0. The number of hydrogen-bond acceptors (Lipinski definition) is 5. The molecule has 2 fully saturated rings. The van der Waals surface area contributed by atoms with Crippen molar-refractivity contribution in [2.75, 3.05) is 12.3 Å². The van der Waals surface area contributed by atoms with E-state index >= 15 is 0 Å². The van der Waals surface area contributed by atoms with Crippen LogP contribution >= 0.6 is 24.0 Å². The van der Waals surface area contributed by atoms with Crippen LogP contribution in [0.2, 0.25) is 18.1 Å². The van der Waals surface area contributed by atoms with Crippen LogP contribution in [0.3, 0.4) is 0 Å². The van der Waals surface area contributed by atoms with Gasteiger partial charge in [0.15, 0.2) is 8.32 Å². The molecule has 0 bridgehead atoms. The first-order valence-electron chi connectivity index (χ1n) is 8.83. The zero-order valence-corrected chi connectivity index (χ0v) is 18.8. The lowest BCUT2D eigenvalue weighted by molar-refractivity contribution is -0.146. The summed E-state index contributed by atoms with van der Waals surface area (Å²) in [4.78, 5) is 26.6. The standard InChI is InChI=1S/C17H30N2O3S2Si/c1-10(15(21)19-8-9-24-16(19)23)13-12(14(20)18-13)11(2)22-25(6,7)17(3,4)5/h10-13H,8-9H2,1-7H3,(H,18,20)/t10?,11-,12-,13-/m1/s1. The molecule has 1 N–H and O–H groups in total. The zero-order valence-electron chi connectivity index (χ0n) is 16.2. The summed E-state index contributed by atoms with van der Waals surface area (Å²) in [6.07, 6.45) is -0.199. The Morgan fingerprint density at radius 2 is 2.00 bits per heavy atom. The number of thiocarbonyl (C=S) groups is 1. The number of hydrogen-bond donors (Lipinski definition) is 1. The molecule has 0 saturated carbocycles. The van der Waals surface area contributed by atoms with Gasteiger partial charge in [-0.2, -0.15) is 0 Å². The molecule has 2 amide bonds. The zero-order chi connectivity index (χ0) is 19.2. The van der Waals surface area contributed by atoms with Crippen LogP contribution in [0.25, 0.3) is 0 Å². The van der Waals surface area contributed by atoms with E-state index in [9.17, 15) is 9.59 Å². The number of β-lactam (4-membered cyclic amide) rings is 1. The average Bonchev–Trinajstić information content (AvgIpc) is 2.87. The highest BCUT2D eigenvalue weighted by molar-refractivity contribution is 8.23. The third-order valence-electron chi connectivity index (χ3n) is 5.75. The second kappa shape index (κ2) is 7.29. The number of carbonyl (C=O) groups is 2. The highest BCUT2D eigenvalue weighted by Gasteiger charge is 2.51. The van der Waals surface area contributed by atoms with Crippen LogP contribution in [0.5, 0.6) is 0 Å². The molecule has 0 aromatic heterocycles. The Morgan fingerprint density at radius 1 is 1.40 bits per heavy atom. The van der Waals surface area contributed by atoms with E-state index in [0.717, 1.165) is 5.75 Å². The molecule has 2 rings (SSSR count). The fourth-order valence-electron chi connectivity index (χ4n) is 3.07. The van der Waals surface area contributed by atoms with Crippen LogP contribution in [0.15, 0.2) is 0 Å². The number of nitrogens with one attached hydrogen (secondary N) is 1. The van der Waals surface area contributed by atoms with Gasteiger partial charge in [-0.05, 0) is 25.1 Å². The van der Waals surface area contributed by atoms with Crippen molar-refractivity contribution in [1.29, 1.82) is 0 Å². The minimum Gasteiger partial charge on any atom is -0.413 e. The van der Waals surface area contributed by atoms with Gasteiger partial charge in [0.25, 0.3) is 0 Å². The van der Waals surface area contributed by atoms with E-state index in [1.165, 1.54) is 11.8 Å². The molecule has 0 aromatic rings. The van der Waals surface area contributed by atoms with Crippen molar-refractivity contribution in [2.45, 2.75) is 64.9 Å². The Morgan fingerprint density at radius 3 is 2.44 bits per heavy atom. The summed E-state index contributed by atoms with van der Waals surface area (Å²) in [5, 5.41) is 3.00. The first-order chi connectivity index (χ1) is 11.4. The highest BCUT2D eigenvalue weighted by Crippen LogP contribution is 2.39. The van der Waals surface area contributed by atoms with Crippen molar-refractivity contribution < 1.29 is 14.0 Å². The van der Waals surface area contributed by atoms with Crippen LogP contribution in [-0.4, -0.2) is 53.8 Å². The topological polar surface area (TPSA) is 58.6 Å². The van der Waals surface area contributed by atoms with Gasteiger partial charge in [-0.15, -0.1) is 0 Å². The molecule has 2 saturated heterocycles. The summed E-state index contributed by atoms with van der Waals surface area (Å²) in [6, 6.07) is -0.187. The predicted octanol–water partition coefficient (Wildman–Crippen LogP) is 3.01. The summed E-state index contributed by atoms with van der Waals surface area (Å²) in [7, 11) is -1.97. The first kappa shape index (κ1) is 20.9. The molecule has 2 heterocycles. The van der Waals surface area contributed by atoms with Crippen molar-refractivity contribution >= 4 is 48.4 Å². The van der Waals surface area contributed by atoms with Gasteiger partial charge in [0.2, 0.25) is 11.8 Å². The lowest BCUT2D eigenvalue weighted by Crippen LogP contribution is -2.67. The van der Waals surface area contributed by atoms with Crippen molar-refractivity contribution in [3.05, 3.63) is 0 Å². The monoisotopic (exact) mass is 402 g/mol. The third-order valence-corrected chi connectivity index (χ3v) is 11.7. The molecule has 0 radical (unpaired) electrons. The average molecular weight is 403 g/mol. The molecule has 0 aromatic carbocycles. The summed E-state index contributed by atoms with van der Waals surface area (Å²) < 4.78 is 7.05. The Labute approximate surface area is 161 Å². The Bertz CT molecular complexity index is 577. The van der Waals surface area contributed by atoms with E-state index in [-0.39, 0.29) is 40.8 Å². The fourth-order valence-corrected chi connectivity index (χ4v) is 5.71. The van der Waals surface area contributed by atoms with Gasteiger partial charge in [-0.3, -0.25) is 14.5 Å². The third kappa shape index (κ3) is 4.12. The van der Waals surface area contributed by atoms with E-state index in [2.05, 4.69) is 39.2 Å². The molecule has 0 aliphatic carbocycles. The smallest absolute Gasteiger partial charge is 0.232 e. The van der Waals surface area contributed by atoms with E-state index in [4.69, 9.17) is 16.6 Å². The predicted molar refractivity (Wildman–Crippen MR) is 109 cm³/mol. The van der Waals surface area contributed by atoms with Crippen molar-refractivity contribution in [1.82, 2.24) is 10.2 Å². The molecular weight excluding hydrogens is 372 g/mol. The molecule has 8 heteroatoms.